The first kappa shape index (κ1) is 32.3. The van der Waals surface area contributed by atoms with E-state index < -0.39 is 16.6 Å². The maximum absolute atomic E-state index is 10.4. The van der Waals surface area contributed by atoms with Crippen LogP contribution in [0.4, 0.5) is 0 Å². The Bertz CT molecular complexity index is 735. The average Bonchev–Trinajstić information content (AvgIpc) is 2.73. The third-order valence-electron chi connectivity index (χ3n) is 7.98. The van der Waals surface area contributed by atoms with Crippen LogP contribution in [0, 0.1) is 5.92 Å². The molecule has 7 heteroatoms. The topological polar surface area (TPSA) is 57.2 Å². The molecule has 0 aliphatic rings. The number of methoxy groups -OCH3 is 1. The molecule has 3 atom stereocenters. The summed E-state index contributed by atoms with van der Waals surface area (Å²) >= 11 is 0. The molecule has 35 heavy (non-hydrogen) atoms. The zero-order valence-electron chi connectivity index (χ0n) is 24.7. The van der Waals surface area contributed by atoms with Crippen molar-refractivity contribution < 1.29 is 23.4 Å². The minimum Gasteiger partial charge on any atom is -0.497 e. The second kappa shape index (κ2) is 13.2. The van der Waals surface area contributed by atoms with Crippen LogP contribution in [0.2, 0.25) is 36.3 Å². The van der Waals surface area contributed by atoms with Crippen LogP contribution >= 0.6 is 0 Å². The second-order valence-electron chi connectivity index (χ2n) is 13.0. The van der Waals surface area contributed by atoms with Gasteiger partial charge in [0.2, 0.25) is 0 Å². The van der Waals surface area contributed by atoms with E-state index in [1.54, 1.807) is 7.11 Å². The number of rotatable bonds is 14. The zero-order valence-corrected chi connectivity index (χ0v) is 26.7. The SMILES string of the molecule is COc1ccc(CO[C@@H](C[C@@H](C)CCO[Si](C)(C)C(C)(C)C)[C@@H](CO)O[Si](C)(C)C(C)(C)C)cc1. The van der Waals surface area contributed by atoms with Gasteiger partial charge < -0.3 is 23.4 Å². The van der Waals surface area contributed by atoms with Gasteiger partial charge in [-0.1, -0.05) is 60.6 Å². The highest BCUT2D eigenvalue weighted by atomic mass is 28.4. The predicted molar refractivity (Wildman–Crippen MR) is 152 cm³/mol. The Morgan fingerprint density at radius 3 is 1.86 bits per heavy atom. The lowest BCUT2D eigenvalue weighted by Gasteiger charge is -2.41. The Labute approximate surface area is 218 Å². The summed E-state index contributed by atoms with van der Waals surface area (Å²) in [6.07, 6.45) is 1.24. The summed E-state index contributed by atoms with van der Waals surface area (Å²) in [6.45, 7) is 26.0. The monoisotopic (exact) mass is 526 g/mol. The third kappa shape index (κ3) is 10.3. The van der Waals surface area contributed by atoms with Crippen molar-refractivity contribution in [3.8, 4) is 5.75 Å². The fraction of sp³-hybridized carbons (Fsp3) is 0.786. The van der Waals surface area contributed by atoms with Gasteiger partial charge in [-0.2, -0.15) is 0 Å². The van der Waals surface area contributed by atoms with E-state index in [1.165, 1.54) is 0 Å². The molecule has 0 aliphatic carbocycles. The molecule has 0 saturated heterocycles. The summed E-state index contributed by atoms with van der Waals surface area (Å²) in [5.41, 5.74) is 1.08. The van der Waals surface area contributed by atoms with Crippen LogP contribution in [0.15, 0.2) is 24.3 Å². The first-order valence-corrected chi connectivity index (χ1v) is 18.9. The van der Waals surface area contributed by atoms with Gasteiger partial charge in [0.15, 0.2) is 16.6 Å². The Morgan fingerprint density at radius 1 is 0.857 bits per heavy atom. The van der Waals surface area contributed by atoms with Crippen molar-refractivity contribution in [1.29, 1.82) is 0 Å². The van der Waals surface area contributed by atoms with Crippen molar-refractivity contribution in [2.24, 2.45) is 5.92 Å². The Kier molecular flexibility index (Phi) is 12.2. The molecule has 5 nitrogen and oxygen atoms in total. The van der Waals surface area contributed by atoms with Crippen LogP contribution < -0.4 is 4.74 Å². The Morgan fingerprint density at radius 2 is 1.40 bits per heavy atom. The molecule has 204 valence electrons. The molecule has 0 radical (unpaired) electrons. The van der Waals surface area contributed by atoms with Crippen LogP contribution in [-0.2, 0) is 20.2 Å². The van der Waals surface area contributed by atoms with Crippen LogP contribution in [0.3, 0.4) is 0 Å². The highest BCUT2D eigenvalue weighted by molar-refractivity contribution is 6.74. The predicted octanol–water partition coefficient (Wildman–Crippen LogP) is 7.40. The lowest BCUT2D eigenvalue weighted by Crippen LogP contribution is -2.49. The van der Waals surface area contributed by atoms with Gasteiger partial charge in [-0.25, -0.2) is 0 Å². The van der Waals surface area contributed by atoms with Gasteiger partial charge in [-0.05, 0) is 72.7 Å². The van der Waals surface area contributed by atoms with Gasteiger partial charge >= 0.3 is 0 Å². The zero-order chi connectivity index (χ0) is 27.1. The van der Waals surface area contributed by atoms with Crippen molar-refractivity contribution in [2.75, 3.05) is 20.3 Å². The number of benzene rings is 1. The van der Waals surface area contributed by atoms with Crippen molar-refractivity contribution in [2.45, 2.75) is 116 Å². The molecule has 0 heterocycles. The number of aliphatic hydroxyl groups is 1. The summed E-state index contributed by atoms with van der Waals surface area (Å²) in [5, 5.41) is 10.6. The van der Waals surface area contributed by atoms with Gasteiger partial charge in [0.05, 0.1) is 32.5 Å². The maximum atomic E-state index is 10.4. The normalized spacial score (nSPS) is 16.1. The summed E-state index contributed by atoms with van der Waals surface area (Å²) in [4.78, 5) is 0. The molecule has 1 N–H and O–H groups in total. The molecule has 1 aromatic rings. The van der Waals surface area contributed by atoms with Crippen molar-refractivity contribution in [3.05, 3.63) is 29.8 Å². The highest BCUT2D eigenvalue weighted by Crippen LogP contribution is 2.39. The van der Waals surface area contributed by atoms with Crippen LogP contribution in [0.25, 0.3) is 0 Å². The van der Waals surface area contributed by atoms with E-state index in [-0.39, 0.29) is 28.9 Å². The van der Waals surface area contributed by atoms with Crippen LogP contribution in [-0.4, -0.2) is 54.3 Å². The molecule has 1 rings (SSSR count). The first-order valence-electron chi connectivity index (χ1n) is 13.1. The van der Waals surface area contributed by atoms with Crippen LogP contribution in [0.5, 0.6) is 5.75 Å². The lowest BCUT2D eigenvalue weighted by molar-refractivity contribution is -0.0687. The van der Waals surface area contributed by atoms with E-state index in [9.17, 15) is 5.11 Å². The molecule has 0 amide bonds. The maximum Gasteiger partial charge on any atom is 0.192 e. The fourth-order valence-corrected chi connectivity index (χ4v) is 5.68. The molecule has 1 aromatic carbocycles. The van der Waals surface area contributed by atoms with E-state index in [4.69, 9.17) is 18.3 Å². The second-order valence-corrected chi connectivity index (χ2v) is 22.6. The third-order valence-corrected chi connectivity index (χ3v) is 17.0. The van der Waals surface area contributed by atoms with Crippen molar-refractivity contribution in [3.63, 3.8) is 0 Å². The minimum absolute atomic E-state index is 0.0486. The summed E-state index contributed by atoms with van der Waals surface area (Å²) in [7, 11) is -2.16. The number of hydrogen-bond donors (Lipinski definition) is 1. The van der Waals surface area contributed by atoms with E-state index >= 15 is 0 Å². The van der Waals surface area contributed by atoms with E-state index in [0.29, 0.717) is 12.5 Å². The van der Waals surface area contributed by atoms with Gasteiger partial charge in [0, 0.05) is 6.61 Å². The Hall–Kier alpha value is -0.706. The molecule has 0 spiro atoms. The van der Waals surface area contributed by atoms with E-state index in [0.717, 1.165) is 30.8 Å². The van der Waals surface area contributed by atoms with Crippen molar-refractivity contribution >= 4 is 16.6 Å². The summed E-state index contributed by atoms with van der Waals surface area (Å²) < 4.78 is 24.8. The molecule has 0 fully saturated rings. The molecular weight excluding hydrogens is 472 g/mol. The first-order chi connectivity index (χ1) is 15.9. The summed E-state index contributed by atoms with van der Waals surface area (Å²) in [6, 6.07) is 7.94. The van der Waals surface area contributed by atoms with E-state index in [2.05, 4.69) is 74.7 Å². The highest BCUT2D eigenvalue weighted by Gasteiger charge is 2.41. The quantitative estimate of drug-likeness (QED) is 0.256. The molecule has 0 aliphatic heterocycles. The fourth-order valence-electron chi connectivity index (χ4n) is 3.28. The van der Waals surface area contributed by atoms with Gasteiger partial charge in [-0.3, -0.25) is 0 Å². The standard InChI is InChI=1S/C28H54O5Si2/c1-22(17-18-32-34(9,10)27(2,3)4)19-25(26(20-29)33-35(11,12)28(5,6)7)31-21-23-13-15-24(30-8)16-14-23/h13-16,22,25-26,29H,17-21H2,1-12H3/t22-,25-,26+/m0/s1. The molecule has 0 aromatic heterocycles. The van der Waals surface area contributed by atoms with E-state index in [1.807, 2.05) is 24.3 Å². The van der Waals surface area contributed by atoms with Crippen LogP contribution in [0.1, 0.15) is 66.9 Å². The largest absolute Gasteiger partial charge is 0.497 e. The van der Waals surface area contributed by atoms with Gasteiger partial charge in [0.1, 0.15) is 5.75 Å². The Balaban J connectivity index is 2.93. The number of hydrogen-bond acceptors (Lipinski definition) is 5. The number of aliphatic hydroxyl groups excluding tert-OH is 1. The molecule has 0 saturated carbocycles. The van der Waals surface area contributed by atoms with Gasteiger partial charge in [0.25, 0.3) is 0 Å². The van der Waals surface area contributed by atoms with Gasteiger partial charge in [-0.15, -0.1) is 0 Å². The smallest absolute Gasteiger partial charge is 0.192 e. The lowest BCUT2D eigenvalue weighted by atomic mass is 9.97. The average molecular weight is 527 g/mol. The minimum atomic E-state index is -2.07. The number of ether oxygens (including phenoxy) is 2. The molecule has 0 unspecified atom stereocenters. The molecule has 0 bridgehead atoms. The van der Waals surface area contributed by atoms with Crippen molar-refractivity contribution in [1.82, 2.24) is 0 Å². The molecular formula is C28H54O5Si2. The summed E-state index contributed by atoms with van der Waals surface area (Å²) in [5.74, 6) is 1.22.